The van der Waals surface area contributed by atoms with E-state index in [4.69, 9.17) is 0 Å². The van der Waals surface area contributed by atoms with Crippen LogP contribution in [0.15, 0.2) is 0 Å². The molecular weight excluding hydrogens is 518 g/mol. The predicted molar refractivity (Wildman–Crippen MR) is 201 cm³/mol. The molecule has 4 fully saturated rings. The Kier molecular flexibility index (Phi) is 46.9. The highest BCUT2D eigenvalue weighted by atomic mass is 32.2. The molecule has 0 aromatic carbocycles. The maximum absolute atomic E-state index is 11.1. The molecule has 3 heteroatoms. The Labute approximate surface area is 266 Å². The average Bonchev–Trinajstić information content (AvgIpc) is 3.59. The van der Waals surface area contributed by atoms with Crippen LogP contribution in [-0.2, 0) is 9.52 Å². The summed E-state index contributed by atoms with van der Waals surface area (Å²) in [6.07, 6.45) is 21.3. The molecule has 2 aliphatic carbocycles. The van der Waals surface area contributed by atoms with Crippen LogP contribution in [0.3, 0.4) is 0 Å². The van der Waals surface area contributed by atoms with Gasteiger partial charge in [-0.1, -0.05) is 161 Å². The Morgan fingerprint density at radius 1 is 0.439 bits per heavy atom. The summed E-state index contributed by atoms with van der Waals surface area (Å²) >= 11 is 0. The van der Waals surface area contributed by atoms with Crippen LogP contribution in [0, 0.1) is 23.7 Å². The van der Waals surface area contributed by atoms with Crippen molar-refractivity contribution >= 4 is 15.4 Å². The Morgan fingerprint density at radius 2 is 0.610 bits per heavy atom. The van der Waals surface area contributed by atoms with Crippen molar-refractivity contribution < 1.29 is 4.21 Å². The minimum Gasteiger partial charge on any atom is -0.306 e. The Bertz CT molecular complexity index is 450. The zero-order valence-electron chi connectivity index (χ0n) is 30.7. The summed E-state index contributed by atoms with van der Waals surface area (Å²) in [6, 6.07) is 0. The number of nitrogens with zero attached hydrogens (tertiary/aromatic N) is 1. The van der Waals surface area contributed by atoms with Gasteiger partial charge >= 0.3 is 0 Å². The first-order valence-corrected chi connectivity index (χ1v) is 19.6. The lowest BCUT2D eigenvalue weighted by Crippen LogP contribution is -2.15. The number of likely N-dealkylation sites (tertiary alicyclic amines) is 1. The lowest BCUT2D eigenvalue weighted by Gasteiger charge is -2.13. The lowest BCUT2D eigenvalue weighted by atomic mass is 10.3. The third-order valence-electron chi connectivity index (χ3n) is 5.36. The van der Waals surface area contributed by atoms with Crippen molar-refractivity contribution in [1.29, 1.82) is 0 Å². The van der Waals surface area contributed by atoms with Gasteiger partial charge in [-0.2, -0.15) is 0 Å². The van der Waals surface area contributed by atoms with Gasteiger partial charge in [0.25, 0.3) is 0 Å². The zero-order chi connectivity index (χ0) is 31.8. The van der Waals surface area contributed by atoms with Crippen molar-refractivity contribution in [3.8, 4) is 0 Å². The second-order valence-electron chi connectivity index (χ2n) is 14.9. The molecule has 0 unspecified atom stereocenters. The third kappa shape index (κ3) is 79.2. The molecule has 4 rings (SSSR count). The van der Waals surface area contributed by atoms with Crippen molar-refractivity contribution in [3.63, 3.8) is 0 Å². The summed E-state index contributed by atoms with van der Waals surface area (Å²) in [5.41, 5.74) is 0. The Balaban J connectivity index is -0.000000122. The van der Waals surface area contributed by atoms with E-state index in [-0.39, 0.29) is 7.43 Å². The standard InChI is InChI=1S/C6H12OS.C5H11N.2C5H10.4C4H10.CH4/c1-8(7)5-3-2-4-6-8;1-6-4-2-3-5-6;2*1-2-4-5-3-1;4*1-4(2)3;/h1-6H2;2-5H2,1H3;2*1-5H2;4*4H,1-3H3;1H4. The highest BCUT2D eigenvalue weighted by molar-refractivity contribution is 8.00. The van der Waals surface area contributed by atoms with E-state index in [1.807, 2.05) is 0 Å². The number of hydrogen-bond donors (Lipinski definition) is 0. The van der Waals surface area contributed by atoms with Crippen LogP contribution >= 0.6 is 0 Å². The normalized spacial score (nSPS) is 18.5. The molecule has 4 aliphatic rings. The molecule has 2 nitrogen and oxygen atoms in total. The van der Waals surface area contributed by atoms with Gasteiger partial charge in [-0.05, 0) is 84.9 Å². The second kappa shape index (κ2) is 38.0. The smallest absolute Gasteiger partial charge is 0.0158 e. The molecule has 0 atom stereocenters. The van der Waals surface area contributed by atoms with Crippen LogP contribution in [0.2, 0.25) is 0 Å². The van der Waals surface area contributed by atoms with E-state index in [9.17, 15) is 4.21 Å². The van der Waals surface area contributed by atoms with Crippen molar-refractivity contribution in [3.05, 3.63) is 0 Å². The first kappa shape index (κ1) is 50.6. The minimum absolute atomic E-state index is 0. The lowest BCUT2D eigenvalue weighted by molar-refractivity contribution is 0.418. The van der Waals surface area contributed by atoms with Crippen LogP contribution < -0.4 is 0 Å². The molecule has 0 aromatic heterocycles. The molecule has 41 heavy (non-hydrogen) atoms. The molecule has 0 spiro atoms. The van der Waals surface area contributed by atoms with Gasteiger partial charge in [0.2, 0.25) is 0 Å². The van der Waals surface area contributed by atoms with Crippen molar-refractivity contribution in [2.45, 2.75) is 187 Å². The summed E-state index contributed by atoms with van der Waals surface area (Å²) in [5, 5.41) is 0. The highest BCUT2D eigenvalue weighted by Gasteiger charge is 2.08. The minimum atomic E-state index is -1.58. The summed E-state index contributed by atoms with van der Waals surface area (Å²) < 4.78 is 11.1. The molecule has 256 valence electrons. The summed E-state index contributed by atoms with van der Waals surface area (Å²) in [7, 11) is 0.591. The number of rotatable bonds is 0. The van der Waals surface area contributed by atoms with E-state index in [2.05, 4.69) is 101 Å². The Hall–Kier alpha value is -0.0200. The van der Waals surface area contributed by atoms with Crippen LogP contribution in [0.1, 0.15) is 187 Å². The van der Waals surface area contributed by atoms with Gasteiger partial charge in [-0.3, -0.25) is 4.21 Å². The monoisotopic (exact) mass is 606 g/mol. The van der Waals surface area contributed by atoms with Gasteiger partial charge in [0.1, 0.15) is 0 Å². The van der Waals surface area contributed by atoms with Crippen LogP contribution in [0.25, 0.3) is 0 Å². The van der Waals surface area contributed by atoms with Crippen LogP contribution in [-0.4, -0.2) is 46.6 Å². The Morgan fingerprint density at radius 3 is 0.707 bits per heavy atom. The van der Waals surface area contributed by atoms with Crippen LogP contribution in [0.5, 0.6) is 0 Å². The molecule has 2 heterocycles. The van der Waals surface area contributed by atoms with Crippen molar-refractivity contribution in [2.24, 2.45) is 23.7 Å². The number of hydrogen-bond acceptors (Lipinski definition) is 2. The molecule has 0 amide bonds. The fraction of sp³-hybridized carbons (Fsp3) is 0.974. The van der Waals surface area contributed by atoms with E-state index in [1.165, 1.54) is 96.6 Å². The van der Waals surface area contributed by atoms with Crippen molar-refractivity contribution in [2.75, 3.05) is 31.6 Å². The summed E-state index contributed by atoms with van der Waals surface area (Å²) in [4.78, 5) is 2.36. The van der Waals surface area contributed by atoms with E-state index in [1.54, 1.807) is 0 Å². The van der Waals surface area contributed by atoms with Crippen molar-refractivity contribution in [1.82, 2.24) is 4.90 Å². The predicted octanol–water partition coefficient (Wildman–Crippen LogP) is 12.8. The van der Waals surface area contributed by atoms with Crippen LogP contribution in [0.4, 0.5) is 0 Å². The first-order valence-electron chi connectivity index (χ1n) is 17.5. The van der Waals surface area contributed by atoms with Gasteiger partial charge in [0.15, 0.2) is 0 Å². The quantitative estimate of drug-likeness (QED) is 0.256. The highest BCUT2D eigenvalue weighted by Crippen LogP contribution is 2.15. The first-order chi connectivity index (χ1) is 18.5. The van der Waals surface area contributed by atoms with E-state index in [0.717, 1.165) is 48.0 Å². The van der Waals surface area contributed by atoms with Gasteiger partial charge in [0, 0.05) is 11.5 Å². The SMILES string of the molecule is C.C1CCCC1.C1CCCC1.C=S1(=O)CCCCC1.CC(C)C.CC(C)C.CC(C)C.CC(C)C.CN1CCCC1. The maximum atomic E-state index is 11.1. The average molecular weight is 606 g/mol. The zero-order valence-corrected chi connectivity index (χ0v) is 31.5. The molecule has 0 N–H and O–H groups in total. The maximum Gasteiger partial charge on any atom is 0.0158 e. The molecule has 2 saturated heterocycles. The molecule has 0 radical (unpaired) electrons. The second-order valence-corrected chi connectivity index (χ2v) is 17.7. The molecule has 2 aliphatic heterocycles. The molecular formula is C38H87NOS. The summed E-state index contributed by atoms with van der Waals surface area (Å²) in [5.74, 6) is 8.73. The van der Waals surface area contributed by atoms with Gasteiger partial charge in [-0.25, -0.2) is 0 Å². The van der Waals surface area contributed by atoms with E-state index >= 15 is 0 Å². The molecule has 0 bridgehead atoms. The van der Waals surface area contributed by atoms with E-state index < -0.39 is 9.52 Å². The van der Waals surface area contributed by atoms with Gasteiger partial charge < -0.3 is 4.90 Å². The topological polar surface area (TPSA) is 20.3 Å². The fourth-order valence-electron chi connectivity index (χ4n) is 3.65. The van der Waals surface area contributed by atoms with Gasteiger partial charge in [0.05, 0.1) is 0 Å². The fourth-order valence-corrected chi connectivity index (χ4v) is 5.32. The third-order valence-corrected chi connectivity index (χ3v) is 7.43. The van der Waals surface area contributed by atoms with Gasteiger partial charge in [-0.15, -0.1) is 0 Å². The summed E-state index contributed by atoms with van der Waals surface area (Å²) in [6.45, 7) is 28.6. The largest absolute Gasteiger partial charge is 0.306 e. The molecule has 0 aromatic rings. The molecule has 2 saturated carbocycles. The van der Waals surface area contributed by atoms with E-state index in [0.29, 0.717) is 0 Å².